The molecular weight excluding hydrogens is 326 g/mol. The summed E-state index contributed by atoms with van der Waals surface area (Å²) in [5, 5.41) is 14.6. The van der Waals surface area contributed by atoms with E-state index in [0.29, 0.717) is 0 Å². The van der Waals surface area contributed by atoms with Gasteiger partial charge in [-0.2, -0.15) is 0 Å². The fourth-order valence-corrected chi connectivity index (χ4v) is 2.90. The maximum absolute atomic E-state index is 11.9. The largest absolute Gasteiger partial charge is 0.452 e. The highest BCUT2D eigenvalue weighted by Crippen LogP contribution is 2.13. The minimum atomic E-state index is -0.753. The number of quaternary nitrogens is 1. The number of ether oxygens (including phenoxy) is 2. The maximum Gasteiger partial charge on any atom is 0.428 e. The first kappa shape index (κ1) is 19.0. The number of hydrazine groups is 1. The number of β-amino-alcohol motifs (C(OH)–C–C–N with tert-alkyl or cyclic N) is 1. The number of aliphatic hydroxyl groups is 1. The Labute approximate surface area is 147 Å². The van der Waals surface area contributed by atoms with Gasteiger partial charge in [-0.05, 0) is 12.0 Å². The first-order chi connectivity index (χ1) is 12.1. The summed E-state index contributed by atoms with van der Waals surface area (Å²) in [5.74, 6) is 0. The molecule has 0 radical (unpaired) electrons. The number of aryl methyl sites for hydroxylation is 1. The number of methoxy groups -OCH3 is 2. The fraction of sp³-hybridized carbons (Fsp3) is 0.529. The number of amides is 2. The average molecular weight is 352 g/mol. The van der Waals surface area contributed by atoms with Crippen LogP contribution < -0.4 is 5.32 Å². The van der Waals surface area contributed by atoms with Gasteiger partial charge in [-0.25, -0.2) is 19.6 Å². The minimum absolute atomic E-state index is 0.0123. The van der Waals surface area contributed by atoms with Crippen molar-refractivity contribution in [2.45, 2.75) is 25.0 Å². The lowest BCUT2D eigenvalue weighted by atomic mass is 10.1. The molecule has 2 atom stereocenters. The molecule has 1 aliphatic heterocycles. The van der Waals surface area contributed by atoms with Crippen LogP contribution >= 0.6 is 0 Å². The zero-order chi connectivity index (χ0) is 18.2. The molecule has 0 aliphatic carbocycles. The van der Waals surface area contributed by atoms with E-state index in [1.54, 1.807) is 0 Å². The number of carbonyl (C=O) groups excluding carboxylic acids is 2. The molecule has 0 spiro atoms. The number of nitrogens with two attached hydrogens (primary N) is 1. The molecule has 3 N–H and O–H groups in total. The van der Waals surface area contributed by atoms with Crippen LogP contribution in [0.25, 0.3) is 0 Å². The van der Waals surface area contributed by atoms with Crippen LogP contribution in [0.3, 0.4) is 0 Å². The lowest BCUT2D eigenvalue weighted by molar-refractivity contribution is -0.699. The molecule has 138 valence electrons. The van der Waals surface area contributed by atoms with E-state index in [2.05, 4.69) is 16.9 Å². The predicted octanol–water partition coefficient (Wildman–Crippen LogP) is -0.0225. The third kappa shape index (κ3) is 5.07. The zero-order valence-corrected chi connectivity index (χ0v) is 14.6. The Kier molecular flexibility index (Phi) is 7.03. The lowest BCUT2D eigenvalue weighted by Gasteiger charge is -2.40. The zero-order valence-electron chi connectivity index (χ0n) is 14.6. The summed E-state index contributed by atoms with van der Waals surface area (Å²) in [6.07, 6.45) is -0.204. The van der Waals surface area contributed by atoms with Crippen molar-refractivity contribution in [2.75, 3.05) is 33.9 Å². The second-order valence-electron chi connectivity index (χ2n) is 5.95. The van der Waals surface area contributed by atoms with E-state index in [0.717, 1.165) is 24.4 Å². The molecule has 0 bridgehead atoms. The third-order valence-electron chi connectivity index (χ3n) is 4.28. The number of rotatable bonds is 5. The van der Waals surface area contributed by atoms with Gasteiger partial charge in [-0.3, -0.25) is 0 Å². The van der Waals surface area contributed by atoms with E-state index in [9.17, 15) is 14.7 Å². The van der Waals surface area contributed by atoms with Crippen molar-refractivity contribution in [2.24, 2.45) is 0 Å². The normalized spacial score (nSPS) is 20.3. The smallest absolute Gasteiger partial charge is 0.428 e. The van der Waals surface area contributed by atoms with Gasteiger partial charge in [-0.1, -0.05) is 30.3 Å². The van der Waals surface area contributed by atoms with Crippen molar-refractivity contribution in [1.29, 1.82) is 0 Å². The highest BCUT2D eigenvalue weighted by molar-refractivity contribution is 5.74. The van der Waals surface area contributed by atoms with Crippen LogP contribution in [0.15, 0.2) is 30.3 Å². The summed E-state index contributed by atoms with van der Waals surface area (Å²) in [7, 11) is 2.48. The monoisotopic (exact) mass is 352 g/mol. The number of carbonyl (C=O) groups is 2. The molecule has 1 aromatic carbocycles. The number of hydrogen-bond donors (Lipinski definition) is 2. The molecule has 0 unspecified atom stereocenters. The molecule has 0 saturated carbocycles. The summed E-state index contributed by atoms with van der Waals surface area (Å²) in [5.41, 5.74) is 1.27. The van der Waals surface area contributed by atoms with Gasteiger partial charge >= 0.3 is 12.2 Å². The molecule has 25 heavy (non-hydrogen) atoms. The predicted molar refractivity (Wildman–Crippen MR) is 89.6 cm³/mol. The topological polar surface area (TPSA) is 95.9 Å². The molecule has 2 amide bonds. The number of nitrogens with zero attached hydrogens (tertiary/aromatic N) is 2. The van der Waals surface area contributed by atoms with Crippen molar-refractivity contribution < 1.29 is 29.5 Å². The summed E-state index contributed by atoms with van der Waals surface area (Å²) in [4.78, 5) is 23.7. The first-order valence-electron chi connectivity index (χ1n) is 8.33. The van der Waals surface area contributed by atoms with Gasteiger partial charge in [0, 0.05) is 6.42 Å². The molecule has 8 heteroatoms. The van der Waals surface area contributed by atoms with Crippen molar-refractivity contribution in [3.63, 3.8) is 0 Å². The van der Waals surface area contributed by atoms with Crippen molar-refractivity contribution in [3.05, 3.63) is 35.9 Å². The second-order valence-corrected chi connectivity index (χ2v) is 5.95. The van der Waals surface area contributed by atoms with Crippen LogP contribution in [0.2, 0.25) is 0 Å². The van der Waals surface area contributed by atoms with Crippen molar-refractivity contribution in [1.82, 2.24) is 10.0 Å². The lowest BCUT2D eigenvalue weighted by Crippen LogP contribution is -2.96. The van der Waals surface area contributed by atoms with Gasteiger partial charge in [0.1, 0.15) is 18.7 Å². The molecule has 1 aliphatic rings. The van der Waals surface area contributed by atoms with E-state index >= 15 is 0 Å². The Morgan fingerprint density at radius 2 is 1.72 bits per heavy atom. The molecule has 0 aromatic heterocycles. The van der Waals surface area contributed by atoms with E-state index in [4.69, 9.17) is 4.74 Å². The van der Waals surface area contributed by atoms with Crippen LogP contribution in [0.4, 0.5) is 9.59 Å². The second kappa shape index (κ2) is 9.24. The van der Waals surface area contributed by atoms with Crippen LogP contribution in [-0.2, 0) is 15.9 Å². The van der Waals surface area contributed by atoms with Crippen LogP contribution in [0.5, 0.6) is 0 Å². The van der Waals surface area contributed by atoms with E-state index < -0.39 is 18.3 Å². The highest BCUT2D eigenvalue weighted by Gasteiger charge is 2.41. The van der Waals surface area contributed by atoms with E-state index in [1.807, 2.05) is 23.5 Å². The standard InChI is InChI=1S/C17H25N3O5/c1-24-16(22)19-11-14(15(21)12-20(19)17(23)25-2)18-10-6-9-13-7-4-3-5-8-13/h3-5,7-8,14-15,18,21H,6,9-12H2,1-2H3/p+1/t14-,15+/m1/s1. The van der Waals surface area contributed by atoms with Gasteiger partial charge < -0.3 is 19.9 Å². The average Bonchev–Trinajstić information content (AvgIpc) is 2.65. The Morgan fingerprint density at radius 3 is 2.32 bits per heavy atom. The molecular formula is C17H26N3O5+. The SMILES string of the molecule is COC(=O)N1C[C@H](O)[C@H]([NH2+]CCCc2ccccc2)CN1C(=O)OC. The fourth-order valence-electron chi connectivity index (χ4n) is 2.90. The van der Waals surface area contributed by atoms with Gasteiger partial charge in [0.25, 0.3) is 0 Å². The first-order valence-corrected chi connectivity index (χ1v) is 8.33. The van der Waals surface area contributed by atoms with Crippen molar-refractivity contribution >= 4 is 12.2 Å². The van der Waals surface area contributed by atoms with Crippen molar-refractivity contribution in [3.8, 4) is 0 Å². The van der Waals surface area contributed by atoms with Gasteiger partial charge in [0.15, 0.2) is 0 Å². The summed E-state index contributed by atoms with van der Waals surface area (Å²) < 4.78 is 9.39. The third-order valence-corrected chi connectivity index (χ3v) is 4.28. The molecule has 1 aromatic rings. The molecule has 1 fully saturated rings. The summed E-state index contributed by atoms with van der Waals surface area (Å²) >= 11 is 0. The molecule has 8 nitrogen and oxygen atoms in total. The Morgan fingerprint density at radius 1 is 1.12 bits per heavy atom. The molecule has 2 rings (SSSR count). The van der Waals surface area contributed by atoms with E-state index in [-0.39, 0.29) is 19.1 Å². The Hall–Kier alpha value is -2.32. The van der Waals surface area contributed by atoms with Gasteiger partial charge in [0.05, 0.1) is 27.3 Å². The Balaban J connectivity index is 1.88. The molecule has 1 saturated heterocycles. The van der Waals surface area contributed by atoms with Gasteiger partial charge in [-0.15, -0.1) is 0 Å². The summed E-state index contributed by atoms with van der Waals surface area (Å²) in [6.45, 7) is 0.972. The number of aliphatic hydroxyl groups excluding tert-OH is 1. The number of benzene rings is 1. The molecule has 1 heterocycles. The minimum Gasteiger partial charge on any atom is -0.452 e. The van der Waals surface area contributed by atoms with Crippen LogP contribution in [0.1, 0.15) is 12.0 Å². The van der Waals surface area contributed by atoms with E-state index in [1.165, 1.54) is 24.8 Å². The number of hydrogen-bond acceptors (Lipinski definition) is 5. The summed E-state index contributed by atoms with van der Waals surface area (Å²) in [6, 6.07) is 9.96. The highest BCUT2D eigenvalue weighted by atomic mass is 16.6. The quantitative estimate of drug-likeness (QED) is 0.726. The van der Waals surface area contributed by atoms with Crippen LogP contribution in [0, 0.1) is 0 Å². The maximum atomic E-state index is 11.9. The van der Waals surface area contributed by atoms with Crippen LogP contribution in [-0.4, -0.2) is 73.3 Å². The Bertz CT molecular complexity index is 569. The van der Waals surface area contributed by atoms with Gasteiger partial charge in [0.2, 0.25) is 0 Å².